The molecule has 1 saturated heterocycles. The fourth-order valence-electron chi connectivity index (χ4n) is 4.20. The van der Waals surface area contributed by atoms with Crippen molar-refractivity contribution in [3.8, 4) is 11.5 Å². The van der Waals surface area contributed by atoms with E-state index in [9.17, 15) is 14.4 Å². The van der Waals surface area contributed by atoms with Gasteiger partial charge in [0.15, 0.2) is 18.1 Å². The number of carbonyl (C=O) groups is 3. The van der Waals surface area contributed by atoms with E-state index in [1.807, 2.05) is 31.2 Å². The summed E-state index contributed by atoms with van der Waals surface area (Å²) in [6.07, 6.45) is 3.18. The first-order valence-electron chi connectivity index (χ1n) is 11.8. The maximum absolute atomic E-state index is 12.9. The molecule has 0 spiro atoms. The molecule has 9 nitrogen and oxygen atoms in total. The Balaban J connectivity index is 1.39. The van der Waals surface area contributed by atoms with Crippen LogP contribution in [0.1, 0.15) is 36.5 Å². The predicted molar refractivity (Wildman–Crippen MR) is 132 cm³/mol. The zero-order valence-corrected chi connectivity index (χ0v) is 20.3. The number of rotatable bonds is 9. The van der Waals surface area contributed by atoms with Crippen LogP contribution in [-0.4, -0.2) is 51.7 Å². The first-order chi connectivity index (χ1) is 16.9. The molecule has 9 heteroatoms. The molecule has 2 amide bonds. The Labute approximate surface area is 204 Å². The van der Waals surface area contributed by atoms with Crippen LogP contribution in [0.15, 0.2) is 36.4 Å². The summed E-state index contributed by atoms with van der Waals surface area (Å²) in [6, 6.07) is 10.5. The second-order valence-corrected chi connectivity index (χ2v) is 8.93. The van der Waals surface area contributed by atoms with Gasteiger partial charge in [0.05, 0.1) is 25.5 Å². The second kappa shape index (κ2) is 10.7. The number of nitrogens with zero attached hydrogens (tertiary/aromatic N) is 1. The van der Waals surface area contributed by atoms with E-state index in [-0.39, 0.29) is 23.1 Å². The van der Waals surface area contributed by atoms with E-state index in [0.717, 1.165) is 25.2 Å². The lowest BCUT2D eigenvalue weighted by atomic mass is 10.1. The minimum absolute atomic E-state index is 0.0760. The highest BCUT2D eigenvalue weighted by Gasteiger charge is 2.39. The van der Waals surface area contributed by atoms with Gasteiger partial charge in [0, 0.05) is 42.5 Å². The van der Waals surface area contributed by atoms with Gasteiger partial charge in [-0.25, -0.2) is 4.79 Å². The van der Waals surface area contributed by atoms with Crippen molar-refractivity contribution in [2.75, 3.05) is 49.4 Å². The second-order valence-electron chi connectivity index (χ2n) is 8.93. The Kier molecular flexibility index (Phi) is 7.43. The predicted octanol–water partition coefficient (Wildman–Crippen LogP) is 3.69. The molecular weight excluding hydrogens is 450 g/mol. The van der Waals surface area contributed by atoms with Crippen molar-refractivity contribution in [1.82, 2.24) is 0 Å². The maximum Gasteiger partial charge on any atom is 0.340 e. The molecule has 1 saturated carbocycles. The standard InChI is InChI=1S/C26H31N3O6/c1-16-12-19(16)25(31)28-21-14-23(34-3)22(33-2)13-20(21)26(32)35-15-24(30)27-17-6-8-18(9-7-17)29-10-4-5-11-29/h6-9,13-14,16,19H,4-5,10-12,15H2,1-3H3,(H,27,30)(H,28,31). The largest absolute Gasteiger partial charge is 0.493 e. The Morgan fingerprint density at radius 1 is 0.971 bits per heavy atom. The third-order valence-electron chi connectivity index (χ3n) is 6.40. The number of anilines is 3. The molecule has 2 fully saturated rings. The van der Waals surface area contributed by atoms with Crippen LogP contribution in [0.4, 0.5) is 17.1 Å². The number of esters is 1. The van der Waals surface area contributed by atoms with Crippen LogP contribution in [0.25, 0.3) is 0 Å². The van der Waals surface area contributed by atoms with Crippen LogP contribution in [0.5, 0.6) is 11.5 Å². The zero-order valence-electron chi connectivity index (χ0n) is 20.3. The van der Waals surface area contributed by atoms with E-state index in [1.165, 1.54) is 39.2 Å². The number of carbonyl (C=O) groups excluding carboxylic acids is 3. The van der Waals surface area contributed by atoms with Gasteiger partial charge in [-0.1, -0.05) is 6.92 Å². The molecule has 35 heavy (non-hydrogen) atoms. The number of methoxy groups -OCH3 is 2. The lowest BCUT2D eigenvalue weighted by Crippen LogP contribution is -2.22. The molecule has 1 heterocycles. The van der Waals surface area contributed by atoms with Crippen molar-refractivity contribution in [2.45, 2.75) is 26.2 Å². The Morgan fingerprint density at radius 2 is 1.60 bits per heavy atom. The molecular formula is C26H31N3O6. The minimum atomic E-state index is -0.760. The average molecular weight is 482 g/mol. The Morgan fingerprint density at radius 3 is 2.20 bits per heavy atom. The number of hydrogen-bond acceptors (Lipinski definition) is 7. The normalized spacial score (nSPS) is 18.5. The van der Waals surface area contributed by atoms with Crippen molar-refractivity contribution in [3.63, 3.8) is 0 Å². The van der Waals surface area contributed by atoms with Gasteiger partial charge in [0.2, 0.25) is 5.91 Å². The molecule has 2 atom stereocenters. The van der Waals surface area contributed by atoms with E-state index in [1.54, 1.807) is 0 Å². The molecule has 4 rings (SSSR count). The molecule has 0 radical (unpaired) electrons. The summed E-state index contributed by atoms with van der Waals surface area (Å²) in [5.74, 6) is -0.519. The molecule has 2 aromatic carbocycles. The smallest absolute Gasteiger partial charge is 0.340 e. The van der Waals surface area contributed by atoms with Crippen molar-refractivity contribution < 1.29 is 28.6 Å². The van der Waals surface area contributed by atoms with E-state index in [0.29, 0.717) is 23.1 Å². The number of benzene rings is 2. The summed E-state index contributed by atoms with van der Waals surface area (Å²) in [5.41, 5.74) is 2.06. The van der Waals surface area contributed by atoms with Crippen molar-refractivity contribution in [2.24, 2.45) is 11.8 Å². The molecule has 1 aliphatic heterocycles. The summed E-state index contributed by atoms with van der Waals surface area (Å²) in [4.78, 5) is 40.0. The Hall–Kier alpha value is -3.75. The van der Waals surface area contributed by atoms with Crippen molar-refractivity contribution in [1.29, 1.82) is 0 Å². The molecule has 1 aliphatic carbocycles. The fourth-order valence-corrected chi connectivity index (χ4v) is 4.20. The molecule has 0 bridgehead atoms. The first-order valence-corrected chi connectivity index (χ1v) is 11.8. The van der Waals surface area contributed by atoms with Gasteiger partial charge in [-0.05, 0) is 49.4 Å². The highest BCUT2D eigenvalue weighted by atomic mass is 16.5. The van der Waals surface area contributed by atoms with E-state index >= 15 is 0 Å². The third-order valence-corrected chi connectivity index (χ3v) is 6.40. The van der Waals surface area contributed by atoms with Gasteiger partial charge in [-0.15, -0.1) is 0 Å². The quantitative estimate of drug-likeness (QED) is 0.526. The highest BCUT2D eigenvalue weighted by Crippen LogP contribution is 2.40. The lowest BCUT2D eigenvalue weighted by Gasteiger charge is -2.18. The number of nitrogens with one attached hydrogen (secondary N) is 2. The van der Waals surface area contributed by atoms with Gasteiger partial charge in [0.1, 0.15) is 0 Å². The molecule has 186 valence electrons. The summed E-state index contributed by atoms with van der Waals surface area (Å²) < 4.78 is 15.8. The minimum Gasteiger partial charge on any atom is -0.493 e. The number of hydrogen-bond donors (Lipinski definition) is 2. The van der Waals surface area contributed by atoms with Crippen LogP contribution in [0.3, 0.4) is 0 Å². The maximum atomic E-state index is 12.9. The molecule has 2 N–H and O–H groups in total. The zero-order chi connectivity index (χ0) is 24.9. The molecule has 2 aromatic rings. The Bertz CT molecular complexity index is 1100. The van der Waals surface area contributed by atoms with Crippen molar-refractivity contribution >= 4 is 34.8 Å². The summed E-state index contributed by atoms with van der Waals surface area (Å²) in [5, 5.41) is 5.52. The highest BCUT2D eigenvalue weighted by molar-refractivity contribution is 6.04. The molecule has 0 aromatic heterocycles. The summed E-state index contributed by atoms with van der Waals surface area (Å²) in [7, 11) is 2.91. The first kappa shape index (κ1) is 24.4. The molecule has 2 unspecified atom stereocenters. The van der Waals surface area contributed by atoms with Crippen LogP contribution < -0.4 is 25.0 Å². The van der Waals surface area contributed by atoms with E-state index in [2.05, 4.69) is 15.5 Å². The van der Waals surface area contributed by atoms with E-state index < -0.39 is 18.5 Å². The third kappa shape index (κ3) is 5.85. The van der Waals surface area contributed by atoms with Gasteiger partial charge in [-0.2, -0.15) is 0 Å². The van der Waals surface area contributed by atoms with Crippen molar-refractivity contribution in [3.05, 3.63) is 42.0 Å². The SMILES string of the molecule is COc1cc(NC(=O)C2CC2C)c(C(=O)OCC(=O)Nc2ccc(N3CCCC3)cc2)cc1OC. The number of ether oxygens (including phenoxy) is 3. The van der Waals surface area contributed by atoms with Crippen LogP contribution in [0.2, 0.25) is 0 Å². The van der Waals surface area contributed by atoms with Gasteiger partial charge in [-0.3, -0.25) is 9.59 Å². The van der Waals surface area contributed by atoms with Crippen LogP contribution in [-0.2, 0) is 14.3 Å². The van der Waals surface area contributed by atoms with Crippen LogP contribution >= 0.6 is 0 Å². The van der Waals surface area contributed by atoms with Gasteiger partial charge in [0.25, 0.3) is 5.91 Å². The fraction of sp³-hybridized carbons (Fsp3) is 0.423. The molecule has 2 aliphatic rings. The van der Waals surface area contributed by atoms with Crippen LogP contribution in [0, 0.1) is 11.8 Å². The van der Waals surface area contributed by atoms with Gasteiger partial charge < -0.3 is 29.7 Å². The summed E-state index contributed by atoms with van der Waals surface area (Å²) in [6.45, 7) is 3.60. The van der Waals surface area contributed by atoms with Gasteiger partial charge >= 0.3 is 5.97 Å². The number of amides is 2. The van der Waals surface area contributed by atoms with E-state index in [4.69, 9.17) is 14.2 Å². The lowest BCUT2D eigenvalue weighted by molar-refractivity contribution is -0.119. The monoisotopic (exact) mass is 481 g/mol. The summed E-state index contributed by atoms with van der Waals surface area (Å²) >= 11 is 0. The average Bonchev–Trinajstić information content (AvgIpc) is 3.35. The topological polar surface area (TPSA) is 106 Å².